The lowest BCUT2D eigenvalue weighted by atomic mass is 9.94. The summed E-state index contributed by atoms with van der Waals surface area (Å²) in [4.78, 5) is 41.6. The van der Waals surface area contributed by atoms with E-state index >= 15 is 0 Å². The van der Waals surface area contributed by atoms with Crippen LogP contribution in [0.25, 0.3) is 0 Å². The molecule has 2 aromatic carbocycles. The number of rotatable bonds is 10. The summed E-state index contributed by atoms with van der Waals surface area (Å²) in [5.41, 5.74) is 4.25. The van der Waals surface area contributed by atoms with Gasteiger partial charge in [0.1, 0.15) is 5.60 Å². The number of unbranched alkanes of at least 4 members (excludes halogenated alkanes) is 2. The molecule has 38 heavy (non-hydrogen) atoms. The third-order valence-corrected chi connectivity index (χ3v) is 7.76. The van der Waals surface area contributed by atoms with Gasteiger partial charge in [-0.3, -0.25) is 9.59 Å². The molecule has 6 nitrogen and oxygen atoms in total. The van der Waals surface area contributed by atoms with E-state index < -0.39 is 5.60 Å². The quantitative estimate of drug-likeness (QED) is 0.231. The number of benzene rings is 2. The Hall–Kier alpha value is -2.57. The van der Waals surface area contributed by atoms with Gasteiger partial charge in [0.05, 0.1) is 5.69 Å². The number of hydrogen-bond donors (Lipinski definition) is 0. The Morgan fingerprint density at radius 1 is 0.974 bits per heavy atom. The second kappa shape index (κ2) is 12.1. The Bertz CT molecular complexity index is 1200. The molecule has 0 aliphatic carbocycles. The van der Waals surface area contributed by atoms with Crippen molar-refractivity contribution >= 4 is 46.7 Å². The molecule has 0 saturated carbocycles. The maximum Gasteiger partial charge on any atom is 0.410 e. The topological polar surface area (TPSA) is 66.9 Å². The van der Waals surface area contributed by atoms with Crippen LogP contribution < -0.4 is 4.90 Å². The lowest BCUT2D eigenvalue weighted by Crippen LogP contribution is -2.38. The molecule has 2 aromatic rings. The fourth-order valence-electron chi connectivity index (χ4n) is 5.17. The van der Waals surface area contributed by atoms with Crippen molar-refractivity contribution < 1.29 is 19.1 Å². The van der Waals surface area contributed by atoms with E-state index in [4.69, 9.17) is 27.9 Å². The minimum Gasteiger partial charge on any atom is -0.444 e. The number of halogens is 2. The van der Waals surface area contributed by atoms with Gasteiger partial charge in [0.2, 0.25) is 5.91 Å². The first-order valence-corrected chi connectivity index (χ1v) is 14.2. The highest BCUT2D eigenvalue weighted by atomic mass is 35.5. The number of anilines is 1. The van der Waals surface area contributed by atoms with Gasteiger partial charge in [0.15, 0.2) is 5.78 Å². The third-order valence-electron chi connectivity index (χ3n) is 7.05. The second-order valence-electron chi connectivity index (χ2n) is 11.1. The molecule has 2 amide bonds. The van der Waals surface area contributed by atoms with Crippen molar-refractivity contribution in [2.75, 3.05) is 24.5 Å². The van der Waals surface area contributed by atoms with E-state index in [9.17, 15) is 14.4 Å². The molecule has 2 heterocycles. The summed E-state index contributed by atoms with van der Waals surface area (Å²) in [7, 11) is 0. The fraction of sp³-hybridized carbons (Fsp3) is 0.500. The van der Waals surface area contributed by atoms with E-state index in [0.717, 1.165) is 60.2 Å². The Morgan fingerprint density at radius 2 is 1.66 bits per heavy atom. The number of Topliss-reactive ketones (excluding diaryl/α,β-unsaturated/α-hetero) is 1. The Balaban J connectivity index is 1.30. The van der Waals surface area contributed by atoms with E-state index in [1.54, 1.807) is 23.1 Å². The van der Waals surface area contributed by atoms with Crippen LogP contribution in [0.4, 0.5) is 10.5 Å². The lowest BCUT2D eigenvalue weighted by molar-refractivity contribution is -0.118. The third kappa shape index (κ3) is 6.89. The minimum absolute atomic E-state index is 0.136. The molecule has 2 aliphatic rings. The summed E-state index contributed by atoms with van der Waals surface area (Å²) >= 11 is 12.6. The number of ether oxygens (including phenoxy) is 1. The first-order chi connectivity index (χ1) is 18.0. The molecule has 4 rings (SSSR count). The Labute approximate surface area is 235 Å². The van der Waals surface area contributed by atoms with Gasteiger partial charge in [-0.2, -0.15) is 0 Å². The minimum atomic E-state index is -0.594. The van der Waals surface area contributed by atoms with Gasteiger partial charge >= 0.3 is 6.09 Å². The van der Waals surface area contributed by atoms with Crippen LogP contribution >= 0.6 is 23.2 Å². The smallest absolute Gasteiger partial charge is 0.410 e. The summed E-state index contributed by atoms with van der Waals surface area (Å²) in [5.74, 6) is 0.322. The molecule has 204 valence electrons. The number of hydrogen-bond acceptors (Lipinski definition) is 4. The molecule has 0 bridgehead atoms. The standard InChI is InChI=1S/C30H36Cl2N2O4/c1-30(2,3)38-29(37)33(16-14-23-24(31)8-7-9-25(23)32)15-6-4-5-10-26(35)22-18-20-11-12-27(36)34-17-13-21(19-22)28(20)34/h7-9,18-19H,4-6,10-17H2,1-3H3. The zero-order valence-electron chi connectivity index (χ0n) is 22.4. The van der Waals surface area contributed by atoms with Crippen LogP contribution in [0.2, 0.25) is 10.0 Å². The number of carbonyl (C=O) groups is 3. The van der Waals surface area contributed by atoms with Crippen LogP contribution in [-0.4, -0.2) is 47.9 Å². The number of carbonyl (C=O) groups excluding carboxylic acids is 3. The first-order valence-electron chi connectivity index (χ1n) is 13.4. The molecule has 0 spiro atoms. The van der Waals surface area contributed by atoms with Gasteiger partial charge in [-0.15, -0.1) is 0 Å². The zero-order valence-corrected chi connectivity index (χ0v) is 24.0. The van der Waals surface area contributed by atoms with Gasteiger partial charge in [0, 0.05) is 48.1 Å². The summed E-state index contributed by atoms with van der Waals surface area (Å²) in [5, 5.41) is 1.17. The van der Waals surface area contributed by atoms with E-state index in [1.165, 1.54) is 0 Å². The molecule has 0 aromatic heterocycles. The summed E-state index contributed by atoms with van der Waals surface area (Å²) in [6.45, 7) is 7.23. The molecular formula is C30H36Cl2N2O4. The SMILES string of the molecule is CC(C)(C)OC(=O)N(CCCCCC(=O)c1cc2c3c(c1)CCN3C(=O)CC2)CCc1c(Cl)cccc1Cl. The van der Waals surface area contributed by atoms with Crippen molar-refractivity contribution in [3.63, 3.8) is 0 Å². The van der Waals surface area contributed by atoms with Gasteiger partial charge in [0.25, 0.3) is 0 Å². The average Bonchev–Trinajstić information content (AvgIpc) is 3.28. The van der Waals surface area contributed by atoms with Crippen LogP contribution in [0.15, 0.2) is 30.3 Å². The van der Waals surface area contributed by atoms with Crippen molar-refractivity contribution in [1.29, 1.82) is 0 Å². The molecule has 0 saturated heterocycles. The van der Waals surface area contributed by atoms with Gasteiger partial charge in [-0.25, -0.2) is 4.79 Å². The van der Waals surface area contributed by atoms with E-state index in [1.807, 2.05) is 37.8 Å². The Kier molecular flexibility index (Phi) is 9.04. The second-order valence-corrected chi connectivity index (χ2v) is 11.9. The maximum absolute atomic E-state index is 13.0. The first kappa shape index (κ1) is 28.4. The van der Waals surface area contributed by atoms with Crippen LogP contribution in [0.5, 0.6) is 0 Å². The monoisotopic (exact) mass is 558 g/mol. The summed E-state index contributed by atoms with van der Waals surface area (Å²) in [6.07, 6.45) is 4.98. The molecule has 0 N–H and O–H groups in total. The van der Waals surface area contributed by atoms with Crippen molar-refractivity contribution in [3.8, 4) is 0 Å². The molecule has 8 heteroatoms. The van der Waals surface area contributed by atoms with Crippen LogP contribution in [-0.2, 0) is 28.8 Å². The van der Waals surface area contributed by atoms with Crippen molar-refractivity contribution in [3.05, 3.63) is 62.6 Å². The zero-order chi connectivity index (χ0) is 27.4. The van der Waals surface area contributed by atoms with E-state index in [2.05, 4.69) is 0 Å². The number of nitrogens with zero attached hydrogens (tertiary/aromatic N) is 2. The highest BCUT2D eigenvalue weighted by Crippen LogP contribution is 2.37. The molecule has 0 radical (unpaired) electrons. The van der Waals surface area contributed by atoms with Crippen molar-refractivity contribution in [2.45, 2.75) is 77.7 Å². The van der Waals surface area contributed by atoms with Gasteiger partial charge < -0.3 is 14.5 Å². The van der Waals surface area contributed by atoms with Crippen molar-refractivity contribution in [2.24, 2.45) is 0 Å². The van der Waals surface area contributed by atoms with E-state index in [0.29, 0.717) is 48.8 Å². The lowest BCUT2D eigenvalue weighted by Gasteiger charge is -2.27. The predicted molar refractivity (Wildman–Crippen MR) is 152 cm³/mol. The van der Waals surface area contributed by atoms with Crippen molar-refractivity contribution in [1.82, 2.24) is 4.90 Å². The largest absolute Gasteiger partial charge is 0.444 e. The summed E-state index contributed by atoms with van der Waals surface area (Å²) < 4.78 is 5.62. The van der Waals surface area contributed by atoms with Gasteiger partial charge in [-0.05, 0) is 93.8 Å². The average molecular weight is 560 g/mol. The van der Waals surface area contributed by atoms with Crippen LogP contribution in [0, 0.1) is 0 Å². The normalized spacial score (nSPS) is 14.4. The van der Waals surface area contributed by atoms with Gasteiger partial charge in [-0.1, -0.05) is 35.7 Å². The number of ketones is 1. The molecule has 2 aliphatic heterocycles. The highest BCUT2D eigenvalue weighted by molar-refractivity contribution is 6.36. The molecule has 0 atom stereocenters. The molecule has 0 fully saturated rings. The van der Waals surface area contributed by atoms with Crippen LogP contribution in [0.3, 0.4) is 0 Å². The number of amides is 2. The highest BCUT2D eigenvalue weighted by Gasteiger charge is 2.32. The molecular weight excluding hydrogens is 523 g/mol. The predicted octanol–water partition coefficient (Wildman–Crippen LogP) is 7.05. The fourth-order valence-corrected chi connectivity index (χ4v) is 5.75. The molecule has 0 unspecified atom stereocenters. The van der Waals surface area contributed by atoms with E-state index in [-0.39, 0.29) is 17.8 Å². The summed E-state index contributed by atoms with van der Waals surface area (Å²) in [6, 6.07) is 9.35. The number of aryl methyl sites for hydroxylation is 1. The maximum atomic E-state index is 13.0. The Morgan fingerprint density at radius 3 is 2.34 bits per heavy atom. The van der Waals surface area contributed by atoms with Crippen LogP contribution in [0.1, 0.15) is 79.9 Å².